The van der Waals surface area contributed by atoms with E-state index in [9.17, 15) is 14.4 Å². The lowest BCUT2D eigenvalue weighted by Gasteiger charge is -2.27. The maximum Gasteiger partial charge on any atom is 0.259 e. The molecule has 2 aromatic carbocycles. The number of nitrogens with two attached hydrogens (primary N) is 1. The first-order valence-corrected chi connectivity index (χ1v) is 9.64. The van der Waals surface area contributed by atoms with Gasteiger partial charge >= 0.3 is 0 Å². The minimum Gasteiger partial charge on any atom is -0.496 e. The SMILES string of the molecule is COc1ccccc1Cn1c(C)cc2c(c1=O)[C@@H](c1ccc(F)cc1)C(C#N)=C(N)O2. The Labute approximate surface area is 178 Å². The number of aromatic nitrogens is 1. The van der Waals surface area contributed by atoms with Crippen LogP contribution in [-0.2, 0) is 6.54 Å². The molecule has 0 unspecified atom stereocenters. The molecule has 2 N–H and O–H groups in total. The summed E-state index contributed by atoms with van der Waals surface area (Å²) in [6, 6.07) is 16.9. The van der Waals surface area contributed by atoms with Crippen molar-refractivity contribution < 1.29 is 13.9 Å². The molecule has 1 aliphatic rings. The molecule has 0 saturated heterocycles. The summed E-state index contributed by atoms with van der Waals surface area (Å²) in [7, 11) is 1.58. The first-order valence-electron chi connectivity index (χ1n) is 9.64. The van der Waals surface area contributed by atoms with E-state index in [1.54, 1.807) is 36.8 Å². The largest absolute Gasteiger partial charge is 0.496 e. The summed E-state index contributed by atoms with van der Waals surface area (Å²) < 4.78 is 26.2. The monoisotopic (exact) mass is 417 g/mol. The van der Waals surface area contributed by atoms with Crippen LogP contribution in [0.25, 0.3) is 0 Å². The zero-order chi connectivity index (χ0) is 22.1. The third kappa shape index (κ3) is 3.53. The van der Waals surface area contributed by atoms with Gasteiger partial charge in [-0.2, -0.15) is 5.26 Å². The van der Waals surface area contributed by atoms with Gasteiger partial charge in [0.2, 0.25) is 5.88 Å². The summed E-state index contributed by atoms with van der Waals surface area (Å²) in [4.78, 5) is 13.7. The summed E-state index contributed by atoms with van der Waals surface area (Å²) in [5, 5.41) is 9.72. The zero-order valence-corrected chi connectivity index (χ0v) is 17.1. The van der Waals surface area contributed by atoms with E-state index in [1.807, 2.05) is 24.3 Å². The number of hydrogen-bond acceptors (Lipinski definition) is 5. The molecule has 156 valence electrons. The average molecular weight is 417 g/mol. The van der Waals surface area contributed by atoms with Crippen molar-refractivity contribution in [3.63, 3.8) is 0 Å². The molecule has 0 spiro atoms. The third-order valence-electron chi connectivity index (χ3n) is 5.41. The van der Waals surface area contributed by atoms with E-state index in [2.05, 4.69) is 6.07 Å². The van der Waals surface area contributed by atoms with Crippen LogP contribution in [0.4, 0.5) is 4.39 Å². The molecular formula is C24H20FN3O3. The Morgan fingerprint density at radius 3 is 2.61 bits per heavy atom. The van der Waals surface area contributed by atoms with E-state index in [1.165, 1.54) is 12.1 Å². The molecule has 2 heterocycles. The van der Waals surface area contributed by atoms with Crippen molar-refractivity contribution in [1.82, 2.24) is 4.57 Å². The summed E-state index contributed by atoms with van der Waals surface area (Å²) in [5.74, 6) is -0.273. The van der Waals surface area contributed by atoms with Crippen LogP contribution in [0.3, 0.4) is 0 Å². The predicted molar refractivity (Wildman–Crippen MR) is 113 cm³/mol. The molecule has 3 aromatic rings. The highest BCUT2D eigenvalue weighted by Gasteiger charge is 2.34. The lowest BCUT2D eigenvalue weighted by atomic mass is 9.84. The predicted octanol–water partition coefficient (Wildman–Crippen LogP) is 3.57. The van der Waals surface area contributed by atoms with Crippen LogP contribution in [0.15, 0.2) is 70.8 Å². The molecule has 7 heteroatoms. The molecule has 0 amide bonds. The normalized spacial score (nSPS) is 15.1. The van der Waals surface area contributed by atoms with Crippen LogP contribution >= 0.6 is 0 Å². The van der Waals surface area contributed by atoms with E-state index >= 15 is 0 Å². The second kappa shape index (κ2) is 8.00. The van der Waals surface area contributed by atoms with Crippen molar-refractivity contribution in [3.05, 3.63) is 105 Å². The Balaban J connectivity index is 1.92. The number of para-hydroxylation sites is 1. The Morgan fingerprint density at radius 1 is 1.23 bits per heavy atom. The first kappa shape index (κ1) is 20.2. The number of methoxy groups -OCH3 is 1. The van der Waals surface area contributed by atoms with E-state index in [0.29, 0.717) is 22.8 Å². The molecule has 31 heavy (non-hydrogen) atoms. The fraction of sp³-hybridized carbons (Fsp3) is 0.167. The molecule has 0 fully saturated rings. The van der Waals surface area contributed by atoms with E-state index in [4.69, 9.17) is 15.2 Å². The number of nitrogens with zero attached hydrogens (tertiary/aromatic N) is 2. The molecule has 0 radical (unpaired) electrons. The Bertz CT molecular complexity index is 1290. The molecule has 6 nitrogen and oxygen atoms in total. The molecule has 1 atom stereocenters. The van der Waals surface area contributed by atoms with E-state index < -0.39 is 11.7 Å². The summed E-state index contributed by atoms with van der Waals surface area (Å²) in [6.45, 7) is 2.08. The minimum atomic E-state index is -0.758. The third-order valence-corrected chi connectivity index (χ3v) is 5.41. The van der Waals surface area contributed by atoms with Crippen LogP contribution in [-0.4, -0.2) is 11.7 Å². The highest BCUT2D eigenvalue weighted by Crippen LogP contribution is 2.40. The number of fused-ring (bicyclic) bond motifs is 1. The van der Waals surface area contributed by atoms with Crippen LogP contribution in [0.5, 0.6) is 11.5 Å². The summed E-state index contributed by atoms with van der Waals surface area (Å²) in [5.41, 5.74) is 8.17. The van der Waals surface area contributed by atoms with Gasteiger partial charge in [-0.05, 0) is 30.7 Å². The van der Waals surface area contributed by atoms with E-state index in [0.717, 1.165) is 5.56 Å². The summed E-state index contributed by atoms with van der Waals surface area (Å²) in [6.07, 6.45) is 0. The molecule has 4 rings (SSSR count). The number of allylic oxidation sites excluding steroid dienone is 1. The van der Waals surface area contributed by atoms with Gasteiger partial charge in [0.05, 0.1) is 25.1 Å². The van der Waals surface area contributed by atoms with Gasteiger partial charge in [0, 0.05) is 17.3 Å². The molecule has 1 aromatic heterocycles. The van der Waals surface area contributed by atoms with Crippen LogP contribution in [0.2, 0.25) is 0 Å². The number of benzene rings is 2. The van der Waals surface area contributed by atoms with Crippen LogP contribution < -0.4 is 20.8 Å². The Hall–Kier alpha value is -4.05. The topological polar surface area (TPSA) is 90.3 Å². The fourth-order valence-electron chi connectivity index (χ4n) is 3.88. The van der Waals surface area contributed by atoms with Gasteiger partial charge < -0.3 is 19.8 Å². The number of ether oxygens (including phenoxy) is 2. The van der Waals surface area contributed by atoms with Crippen molar-refractivity contribution in [2.24, 2.45) is 5.73 Å². The minimum absolute atomic E-state index is 0.0643. The molecule has 0 bridgehead atoms. The molecular weight excluding hydrogens is 397 g/mol. The highest BCUT2D eigenvalue weighted by molar-refractivity contribution is 5.55. The molecule has 1 aliphatic heterocycles. The van der Waals surface area contributed by atoms with Crippen LogP contribution in [0.1, 0.15) is 28.3 Å². The van der Waals surface area contributed by atoms with Crippen molar-refractivity contribution in [1.29, 1.82) is 5.26 Å². The van der Waals surface area contributed by atoms with Crippen molar-refractivity contribution in [2.75, 3.05) is 7.11 Å². The maximum atomic E-state index is 13.7. The van der Waals surface area contributed by atoms with Crippen LogP contribution in [0, 0.1) is 24.1 Å². The Kier molecular flexibility index (Phi) is 5.22. The second-order valence-electron chi connectivity index (χ2n) is 7.24. The smallest absolute Gasteiger partial charge is 0.259 e. The Morgan fingerprint density at radius 2 is 1.94 bits per heavy atom. The van der Waals surface area contributed by atoms with Crippen molar-refractivity contribution >= 4 is 0 Å². The number of hydrogen-bond donors (Lipinski definition) is 1. The number of halogens is 1. The van der Waals surface area contributed by atoms with Gasteiger partial charge in [-0.3, -0.25) is 4.79 Å². The highest BCUT2D eigenvalue weighted by atomic mass is 19.1. The van der Waals surface area contributed by atoms with Crippen molar-refractivity contribution in [3.8, 4) is 17.6 Å². The number of pyridine rings is 1. The first-order chi connectivity index (χ1) is 14.9. The van der Waals surface area contributed by atoms with Gasteiger partial charge in [-0.15, -0.1) is 0 Å². The van der Waals surface area contributed by atoms with Gasteiger partial charge in [0.1, 0.15) is 29.0 Å². The van der Waals surface area contributed by atoms with Gasteiger partial charge in [-0.1, -0.05) is 30.3 Å². The molecule has 0 aliphatic carbocycles. The number of aryl methyl sites for hydroxylation is 1. The lowest BCUT2D eigenvalue weighted by molar-refractivity contribution is 0.388. The standard InChI is InChI=1S/C24H20FN3O3/c1-14-11-20-22(24(29)28(14)13-16-5-3-4-6-19(16)30-2)21(18(12-26)23(27)31-20)15-7-9-17(25)10-8-15/h3-11,21H,13,27H2,1-2H3/t21-/m0/s1. The second-order valence-corrected chi connectivity index (χ2v) is 7.24. The van der Waals surface area contributed by atoms with Gasteiger partial charge in [0.15, 0.2) is 0 Å². The van der Waals surface area contributed by atoms with Gasteiger partial charge in [-0.25, -0.2) is 4.39 Å². The van der Waals surface area contributed by atoms with E-state index in [-0.39, 0.29) is 29.1 Å². The lowest BCUT2D eigenvalue weighted by Crippen LogP contribution is -2.33. The number of nitriles is 1. The van der Waals surface area contributed by atoms with Gasteiger partial charge in [0.25, 0.3) is 5.56 Å². The summed E-state index contributed by atoms with van der Waals surface area (Å²) >= 11 is 0. The van der Waals surface area contributed by atoms with Crippen molar-refractivity contribution in [2.45, 2.75) is 19.4 Å². The zero-order valence-electron chi connectivity index (χ0n) is 17.1. The fourth-order valence-corrected chi connectivity index (χ4v) is 3.88. The maximum absolute atomic E-state index is 13.7. The molecule has 0 saturated carbocycles. The number of rotatable bonds is 4. The quantitative estimate of drug-likeness (QED) is 0.701. The average Bonchev–Trinajstić information content (AvgIpc) is 2.76.